The maximum absolute atomic E-state index is 13.0. The Labute approximate surface area is 171 Å². The van der Waals surface area contributed by atoms with Crippen molar-refractivity contribution < 1.29 is 18.4 Å². The van der Waals surface area contributed by atoms with E-state index in [2.05, 4.69) is 26.3 Å². The van der Waals surface area contributed by atoms with Gasteiger partial charge in [-0.2, -0.15) is 0 Å². The number of anilines is 4. The highest BCUT2D eigenvalue weighted by Crippen LogP contribution is 2.22. The fraction of sp³-hybridized carbons (Fsp3) is 0.0952. The molecule has 0 aliphatic rings. The molecule has 0 atom stereocenters. The Morgan fingerprint density at radius 3 is 1.40 bits per heavy atom. The molecular weight excluding hydrogens is 392 g/mol. The fourth-order valence-electron chi connectivity index (χ4n) is 2.61. The van der Waals surface area contributed by atoms with Crippen LogP contribution in [0.5, 0.6) is 0 Å². The number of hydrogen-bond acceptors (Lipinski definition) is 3. The van der Waals surface area contributed by atoms with Gasteiger partial charge in [0.15, 0.2) is 0 Å². The highest BCUT2D eigenvalue weighted by Gasteiger charge is 2.12. The molecule has 2 aromatic carbocycles. The van der Waals surface area contributed by atoms with Crippen molar-refractivity contribution in [2.45, 2.75) is 13.8 Å². The van der Waals surface area contributed by atoms with E-state index in [0.717, 1.165) is 0 Å². The van der Waals surface area contributed by atoms with Gasteiger partial charge in [0.25, 0.3) is 0 Å². The van der Waals surface area contributed by atoms with Crippen molar-refractivity contribution in [2.75, 3.05) is 21.3 Å². The number of halogens is 2. The first-order valence-electron chi connectivity index (χ1n) is 8.95. The van der Waals surface area contributed by atoms with Gasteiger partial charge < -0.3 is 21.3 Å². The number of nitrogens with one attached hydrogen (secondary N) is 4. The van der Waals surface area contributed by atoms with Gasteiger partial charge in [-0.3, -0.25) is 4.98 Å². The van der Waals surface area contributed by atoms with Crippen LogP contribution >= 0.6 is 0 Å². The van der Waals surface area contributed by atoms with E-state index in [1.165, 1.54) is 48.5 Å². The van der Waals surface area contributed by atoms with Crippen molar-refractivity contribution in [1.82, 2.24) is 4.98 Å². The Bertz CT molecular complexity index is 987. The Balaban J connectivity index is 1.68. The van der Waals surface area contributed by atoms with Crippen molar-refractivity contribution in [1.29, 1.82) is 0 Å². The molecular formula is C21H19F2N5O2. The van der Waals surface area contributed by atoms with Crippen LogP contribution in [0.25, 0.3) is 0 Å². The zero-order valence-corrected chi connectivity index (χ0v) is 16.2. The molecule has 1 aromatic heterocycles. The van der Waals surface area contributed by atoms with E-state index in [1.54, 1.807) is 19.9 Å². The number of pyridine rings is 1. The molecule has 30 heavy (non-hydrogen) atoms. The zero-order valence-electron chi connectivity index (χ0n) is 16.2. The number of aromatic nitrogens is 1. The van der Waals surface area contributed by atoms with Gasteiger partial charge in [-0.05, 0) is 68.4 Å². The lowest BCUT2D eigenvalue weighted by Crippen LogP contribution is -2.22. The van der Waals surface area contributed by atoms with Crippen molar-refractivity contribution in [3.05, 3.63) is 77.6 Å². The lowest BCUT2D eigenvalue weighted by Gasteiger charge is -2.14. The van der Waals surface area contributed by atoms with Gasteiger partial charge in [0.1, 0.15) is 11.6 Å². The molecule has 3 rings (SSSR count). The molecule has 0 fully saturated rings. The molecule has 7 nitrogen and oxygen atoms in total. The summed E-state index contributed by atoms with van der Waals surface area (Å²) < 4.78 is 25.9. The third-order valence-electron chi connectivity index (χ3n) is 4.10. The SMILES string of the molecule is Cc1nc(C)c(NC(=O)Nc2ccc(F)cc2)cc1NC(=O)Nc1ccc(F)cc1. The average Bonchev–Trinajstić information content (AvgIpc) is 2.69. The number of nitrogens with zero attached hydrogens (tertiary/aromatic N) is 1. The van der Waals surface area contributed by atoms with Crippen LogP contribution in [-0.2, 0) is 0 Å². The van der Waals surface area contributed by atoms with Gasteiger partial charge in [0, 0.05) is 11.4 Å². The number of hydrogen-bond donors (Lipinski definition) is 4. The van der Waals surface area contributed by atoms with Gasteiger partial charge in [-0.1, -0.05) is 0 Å². The maximum atomic E-state index is 13.0. The molecule has 154 valence electrons. The first-order chi connectivity index (χ1) is 14.3. The first-order valence-corrected chi connectivity index (χ1v) is 8.95. The predicted molar refractivity (Wildman–Crippen MR) is 112 cm³/mol. The smallest absolute Gasteiger partial charge is 0.308 e. The minimum Gasteiger partial charge on any atom is -0.308 e. The van der Waals surface area contributed by atoms with Crippen molar-refractivity contribution in [3.8, 4) is 0 Å². The fourth-order valence-corrected chi connectivity index (χ4v) is 2.61. The summed E-state index contributed by atoms with van der Waals surface area (Å²) in [6.07, 6.45) is 0. The summed E-state index contributed by atoms with van der Waals surface area (Å²) in [5.41, 5.74) is 2.71. The summed E-state index contributed by atoms with van der Waals surface area (Å²) in [4.78, 5) is 28.8. The van der Waals surface area contributed by atoms with Gasteiger partial charge >= 0.3 is 12.1 Å². The summed E-state index contributed by atoms with van der Waals surface area (Å²) in [5.74, 6) is -0.816. The van der Waals surface area contributed by atoms with Crippen LogP contribution in [0.1, 0.15) is 11.4 Å². The van der Waals surface area contributed by atoms with Crippen LogP contribution in [-0.4, -0.2) is 17.0 Å². The average molecular weight is 411 g/mol. The van der Waals surface area contributed by atoms with E-state index < -0.39 is 23.7 Å². The number of rotatable bonds is 4. The van der Waals surface area contributed by atoms with Crippen LogP contribution in [0, 0.1) is 25.5 Å². The summed E-state index contributed by atoms with van der Waals surface area (Å²) >= 11 is 0. The monoisotopic (exact) mass is 411 g/mol. The quantitative estimate of drug-likeness (QED) is 0.471. The molecule has 4 N–H and O–H groups in total. The number of amides is 4. The van der Waals surface area contributed by atoms with Crippen LogP contribution in [0.3, 0.4) is 0 Å². The maximum Gasteiger partial charge on any atom is 0.323 e. The topological polar surface area (TPSA) is 95.2 Å². The van der Waals surface area contributed by atoms with Gasteiger partial charge in [0.2, 0.25) is 0 Å². The third kappa shape index (κ3) is 5.51. The minimum atomic E-state index is -0.544. The molecule has 0 spiro atoms. The standard InChI is InChI=1S/C21H19F2N5O2/c1-12-18(27-20(29)25-16-7-3-14(22)4-8-16)11-19(13(2)24-12)28-21(30)26-17-9-5-15(23)6-10-17/h3-11H,1-2H3,(H2,25,27,29)(H2,26,28,30). The summed E-state index contributed by atoms with van der Waals surface area (Å²) in [7, 11) is 0. The molecule has 0 aliphatic carbocycles. The molecule has 0 saturated carbocycles. The van der Waals surface area contributed by atoms with Crippen LogP contribution in [0.2, 0.25) is 0 Å². The zero-order chi connectivity index (χ0) is 21.7. The summed E-state index contributed by atoms with van der Waals surface area (Å²) in [5, 5.41) is 10.5. The second-order valence-corrected chi connectivity index (χ2v) is 6.43. The molecule has 3 aromatic rings. The third-order valence-corrected chi connectivity index (χ3v) is 4.10. The first kappa shape index (κ1) is 20.7. The number of urea groups is 2. The lowest BCUT2D eigenvalue weighted by atomic mass is 10.2. The Hall–Kier alpha value is -4.01. The molecule has 0 radical (unpaired) electrons. The number of aryl methyl sites for hydroxylation is 2. The molecule has 9 heteroatoms. The van der Waals surface area contributed by atoms with E-state index >= 15 is 0 Å². The number of carbonyl (C=O) groups excluding carboxylic acids is 2. The molecule has 0 aliphatic heterocycles. The van der Waals surface area contributed by atoms with E-state index in [-0.39, 0.29) is 0 Å². The molecule has 0 bridgehead atoms. The Morgan fingerprint density at radius 1 is 0.667 bits per heavy atom. The number of carbonyl (C=O) groups is 2. The van der Waals surface area contributed by atoms with Gasteiger partial charge in [-0.15, -0.1) is 0 Å². The second kappa shape index (κ2) is 8.99. The van der Waals surface area contributed by atoms with Crippen LogP contribution in [0.4, 0.5) is 41.1 Å². The summed E-state index contributed by atoms with van der Waals surface area (Å²) in [6, 6.07) is 11.1. The van der Waals surface area contributed by atoms with Crippen molar-refractivity contribution >= 4 is 34.8 Å². The van der Waals surface area contributed by atoms with Crippen molar-refractivity contribution in [2.24, 2.45) is 0 Å². The van der Waals surface area contributed by atoms with E-state index in [0.29, 0.717) is 34.1 Å². The highest BCUT2D eigenvalue weighted by molar-refractivity contribution is 6.02. The molecule has 0 unspecified atom stereocenters. The molecule has 1 heterocycles. The van der Waals surface area contributed by atoms with Crippen LogP contribution < -0.4 is 21.3 Å². The van der Waals surface area contributed by atoms with E-state index in [1.807, 2.05) is 0 Å². The van der Waals surface area contributed by atoms with E-state index in [9.17, 15) is 18.4 Å². The largest absolute Gasteiger partial charge is 0.323 e. The minimum absolute atomic E-state index is 0.386. The normalized spacial score (nSPS) is 10.3. The lowest BCUT2D eigenvalue weighted by molar-refractivity contribution is 0.261. The Kier molecular flexibility index (Phi) is 6.21. The van der Waals surface area contributed by atoms with Gasteiger partial charge in [-0.25, -0.2) is 18.4 Å². The predicted octanol–water partition coefficient (Wildman–Crippen LogP) is 5.26. The molecule has 0 saturated heterocycles. The number of benzene rings is 2. The van der Waals surface area contributed by atoms with Crippen molar-refractivity contribution in [3.63, 3.8) is 0 Å². The highest BCUT2D eigenvalue weighted by atomic mass is 19.1. The molecule has 4 amide bonds. The Morgan fingerprint density at radius 2 is 1.03 bits per heavy atom. The summed E-state index contributed by atoms with van der Waals surface area (Å²) in [6.45, 7) is 3.42. The van der Waals surface area contributed by atoms with E-state index in [4.69, 9.17) is 0 Å². The van der Waals surface area contributed by atoms with Gasteiger partial charge in [0.05, 0.1) is 22.8 Å². The van der Waals surface area contributed by atoms with Crippen LogP contribution in [0.15, 0.2) is 54.6 Å². The second-order valence-electron chi connectivity index (χ2n) is 6.43.